The molecule has 0 saturated carbocycles. The number of nitrogens with one attached hydrogen (secondary N) is 1. The molecule has 2 heterocycles. The minimum atomic E-state index is -1.08. The van der Waals surface area contributed by atoms with Gasteiger partial charge in [-0.25, -0.2) is 4.98 Å². The first kappa shape index (κ1) is 15.9. The molecule has 2 aromatic heterocycles. The molecule has 0 unspecified atom stereocenters. The van der Waals surface area contributed by atoms with Gasteiger partial charge in [0.25, 0.3) is 5.91 Å². The van der Waals surface area contributed by atoms with Crippen molar-refractivity contribution in [1.29, 1.82) is 0 Å². The molecular weight excluding hydrogens is 328 g/mol. The Morgan fingerprint density at radius 1 is 1.22 bits per heavy atom. The number of aromatic nitrogens is 1. The van der Waals surface area contributed by atoms with Crippen molar-refractivity contribution in [3.05, 3.63) is 63.8 Å². The van der Waals surface area contributed by atoms with Crippen molar-refractivity contribution in [2.24, 2.45) is 0 Å². The SMILES string of the molecule is C[C@@](O)(CNC(=O)c1csc(-c2ccccc2)n1)c1cccs1. The number of thiazole rings is 1. The van der Waals surface area contributed by atoms with Gasteiger partial charge < -0.3 is 10.4 Å². The molecule has 4 nitrogen and oxygen atoms in total. The Morgan fingerprint density at radius 2 is 2.00 bits per heavy atom. The summed E-state index contributed by atoms with van der Waals surface area (Å²) in [5.74, 6) is -0.278. The maximum Gasteiger partial charge on any atom is 0.270 e. The first-order chi connectivity index (χ1) is 11.1. The van der Waals surface area contributed by atoms with Crippen molar-refractivity contribution >= 4 is 28.6 Å². The minimum Gasteiger partial charge on any atom is -0.383 e. The van der Waals surface area contributed by atoms with Gasteiger partial charge in [-0.1, -0.05) is 36.4 Å². The molecule has 0 spiro atoms. The number of carbonyl (C=O) groups excluding carboxylic acids is 1. The average molecular weight is 344 g/mol. The van der Waals surface area contributed by atoms with E-state index in [2.05, 4.69) is 10.3 Å². The second-order valence-electron chi connectivity index (χ2n) is 5.34. The second kappa shape index (κ2) is 6.62. The summed E-state index contributed by atoms with van der Waals surface area (Å²) in [5, 5.41) is 17.6. The van der Waals surface area contributed by atoms with E-state index in [0.29, 0.717) is 5.69 Å². The Bertz CT molecular complexity index is 780. The number of thiophene rings is 1. The van der Waals surface area contributed by atoms with E-state index in [1.807, 2.05) is 47.8 Å². The zero-order valence-corrected chi connectivity index (χ0v) is 14.2. The fourth-order valence-corrected chi connectivity index (χ4v) is 3.70. The van der Waals surface area contributed by atoms with Crippen LogP contribution in [0.2, 0.25) is 0 Å². The van der Waals surface area contributed by atoms with Crippen LogP contribution in [0.3, 0.4) is 0 Å². The van der Waals surface area contributed by atoms with E-state index in [1.165, 1.54) is 22.7 Å². The number of benzene rings is 1. The van der Waals surface area contributed by atoms with Crippen LogP contribution in [0.25, 0.3) is 10.6 Å². The van der Waals surface area contributed by atoms with Gasteiger partial charge >= 0.3 is 0 Å². The van der Waals surface area contributed by atoms with Crippen molar-refractivity contribution < 1.29 is 9.90 Å². The molecule has 0 aliphatic rings. The predicted molar refractivity (Wildman–Crippen MR) is 93.8 cm³/mol. The molecule has 0 bridgehead atoms. The van der Waals surface area contributed by atoms with Gasteiger partial charge in [0.05, 0.1) is 6.54 Å². The highest BCUT2D eigenvalue weighted by Crippen LogP contribution is 2.25. The first-order valence-electron chi connectivity index (χ1n) is 7.12. The fraction of sp³-hybridized carbons (Fsp3) is 0.176. The molecule has 1 aromatic carbocycles. The third-order valence-corrected chi connectivity index (χ3v) is 5.42. The fourth-order valence-electron chi connectivity index (χ4n) is 2.11. The lowest BCUT2D eigenvalue weighted by Gasteiger charge is -2.21. The van der Waals surface area contributed by atoms with Gasteiger partial charge in [0.1, 0.15) is 16.3 Å². The number of carbonyl (C=O) groups is 1. The Morgan fingerprint density at radius 3 is 2.70 bits per heavy atom. The van der Waals surface area contributed by atoms with E-state index in [9.17, 15) is 9.90 Å². The first-order valence-corrected chi connectivity index (χ1v) is 8.88. The van der Waals surface area contributed by atoms with E-state index in [0.717, 1.165) is 15.4 Å². The van der Waals surface area contributed by atoms with Crippen LogP contribution in [-0.4, -0.2) is 22.5 Å². The van der Waals surface area contributed by atoms with Crippen LogP contribution in [0.4, 0.5) is 0 Å². The molecule has 0 aliphatic heterocycles. The van der Waals surface area contributed by atoms with Crippen LogP contribution in [0.15, 0.2) is 53.2 Å². The lowest BCUT2D eigenvalue weighted by atomic mass is 10.1. The maximum absolute atomic E-state index is 12.2. The third-order valence-electron chi connectivity index (χ3n) is 3.40. The summed E-state index contributed by atoms with van der Waals surface area (Å²) in [6.45, 7) is 1.83. The average Bonchev–Trinajstić information content (AvgIpc) is 3.25. The van der Waals surface area contributed by atoms with E-state index < -0.39 is 5.60 Å². The second-order valence-corrected chi connectivity index (χ2v) is 7.14. The summed E-state index contributed by atoms with van der Waals surface area (Å²) >= 11 is 2.89. The molecule has 0 radical (unpaired) electrons. The minimum absolute atomic E-state index is 0.143. The van der Waals surface area contributed by atoms with E-state index >= 15 is 0 Å². The highest BCUT2D eigenvalue weighted by atomic mass is 32.1. The zero-order chi connectivity index (χ0) is 16.3. The Hall–Kier alpha value is -2.02. The molecule has 2 N–H and O–H groups in total. The Labute approximate surface area is 142 Å². The van der Waals surface area contributed by atoms with Gasteiger partial charge in [-0.2, -0.15) is 0 Å². The smallest absolute Gasteiger partial charge is 0.270 e. The number of hydrogen-bond donors (Lipinski definition) is 2. The van der Waals surface area contributed by atoms with Crippen molar-refractivity contribution in [3.63, 3.8) is 0 Å². The molecule has 118 valence electrons. The molecule has 0 saturated heterocycles. The van der Waals surface area contributed by atoms with Crippen molar-refractivity contribution in [3.8, 4) is 10.6 Å². The van der Waals surface area contributed by atoms with Crippen LogP contribution in [0.5, 0.6) is 0 Å². The van der Waals surface area contributed by atoms with Gasteiger partial charge in [-0.05, 0) is 18.4 Å². The number of aliphatic hydroxyl groups is 1. The van der Waals surface area contributed by atoms with Crippen molar-refractivity contribution in [1.82, 2.24) is 10.3 Å². The lowest BCUT2D eigenvalue weighted by Crippen LogP contribution is -2.38. The summed E-state index contributed by atoms with van der Waals surface area (Å²) in [4.78, 5) is 17.4. The van der Waals surface area contributed by atoms with E-state index in [4.69, 9.17) is 0 Å². The molecular formula is C17H16N2O2S2. The van der Waals surface area contributed by atoms with Crippen molar-refractivity contribution in [2.45, 2.75) is 12.5 Å². The van der Waals surface area contributed by atoms with Gasteiger partial charge in [0, 0.05) is 15.8 Å². The maximum atomic E-state index is 12.2. The topological polar surface area (TPSA) is 62.2 Å². The quantitative estimate of drug-likeness (QED) is 0.744. The summed E-state index contributed by atoms with van der Waals surface area (Å²) in [5.41, 5.74) is 0.278. The Kier molecular flexibility index (Phi) is 4.56. The summed E-state index contributed by atoms with van der Waals surface area (Å²) < 4.78 is 0. The number of hydrogen-bond acceptors (Lipinski definition) is 5. The summed E-state index contributed by atoms with van der Waals surface area (Å²) in [6.07, 6.45) is 0. The zero-order valence-electron chi connectivity index (χ0n) is 12.5. The Balaban J connectivity index is 1.66. The van der Waals surface area contributed by atoms with Crippen LogP contribution >= 0.6 is 22.7 Å². The van der Waals surface area contributed by atoms with E-state index in [-0.39, 0.29) is 12.5 Å². The monoisotopic (exact) mass is 344 g/mol. The lowest BCUT2D eigenvalue weighted by molar-refractivity contribution is 0.0555. The molecule has 3 aromatic rings. The third kappa shape index (κ3) is 3.67. The van der Waals surface area contributed by atoms with Crippen LogP contribution in [0, 0.1) is 0 Å². The molecule has 0 aliphatic carbocycles. The van der Waals surface area contributed by atoms with Crippen LogP contribution < -0.4 is 5.32 Å². The normalized spacial score (nSPS) is 13.5. The predicted octanol–water partition coefficient (Wildman–Crippen LogP) is 3.51. The van der Waals surface area contributed by atoms with Gasteiger partial charge in [-0.15, -0.1) is 22.7 Å². The highest BCUT2D eigenvalue weighted by molar-refractivity contribution is 7.13. The summed E-state index contributed by atoms with van der Waals surface area (Å²) in [6, 6.07) is 13.5. The van der Waals surface area contributed by atoms with Crippen LogP contribution in [0.1, 0.15) is 22.3 Å². The van der Waals surface area contributed by atoms with E-state index in [1.54, 1.807) is 12.3 Å². The summed E-state index contributed by atoms with van der Waals surface area (Å²) in [7, 11) is 0. The largest absolute Gasteiger partial charge is 0.383 e. The van der Waals surface area contributed by atoms with Gasteiger partial charge in [0.2, 0.25) is 0 Å². The van der Waals surface area contributed by atoms with Gasteiger partial charge in [0.15, 0.2) is 0 Å². The standard InChI is InChI=1S/C17H16N2O2S2/c1-17(21,14-8-5-9-22-14)11-18-15(20)13-10-23-16(19-13)12-6-3-2-4-7-12/h2-10,21H,11H2,1H3,(H,18,20)/t17-/m1/s1. The number of rotatable bonds is 5. The molecule has 1 atom stereocenters. The molecule has 6 heteroatoms. The van der Waals surface area contributed by atoms with Gasteiger partial charge in [-0.3, -0.25) is 4.79 Å². The molecule has 23 heavy (non-hydrogen) atoms. The van der Waals surface area contributed by atoms with Crippen molar-refractivity contribution in [2.75, 3.05) is 6.54 Å². The van der Waals surface area contributed by atoms with Crippen LogP contribution in [-0.2, 0) is 5.60 Å². The molecule has 0 fully saturated rings. The number of amides is 1. The highest BCUT2D eigenvalue weighted by Gasteiger charge is 2.25. The number of nitrogens with zero attached hydrogens (tertiary/aromatic N) is 1. The molecule has 3 rings (SSSR count). The molecule has 1 amide bonds.